The van der Waals surface area contributed by atoms with Gasteiger partial charge in [0.2, 0.25) is 0 Å². The molecule has 2 bridgehead atoms. The number of carbonyl (C=O) groups excluding carboxylic acids is 1. The number of ketones is 1. The largest absolute Gasteiger partial charge is 0.393 e. The molecule has 0 radical (unpaired) electrons. The molecule has 0 amide bonds. The molecule has 4 rings (SSSR count). The first kappa shape index (κ1) is 11.8. The number of carbonyl (C=O) groups is 1. The third-order valence-electron chi connectivity index (χ3n) is 5.46. The zero-order valence-electron chi connectivity index (χ0n) is 11.0. The molecule has 0 aromatic carbocycles. The third-order valence-corrected chi connectivity index (χ3v) is 5.46. The van der Waals surface area contributed by atoms with E-state index in [1.54, 1.807) is 0 Å². The van der Waals surface area contributed by atoms with Crippen LogP contribution in [0.3, 0.4) is 0 Å². The van der Waals surface area contributed by atoms with E-state index in [0.29, 0.717) is 0 Å². The molecule has 1 saturated heterocycles. The van der Waals surface area contributed by atoms with Gasteiger partial charge in [0.1, 0.15) is 0 Å². The van der Waals surface area contributed by atoms with E-state index in [2.05, 4.69) is 26.0 Å². The zero-order valence-corrected chi connectivity index (χ0v) is 11.0. The molecule has 3 aliphatic carbocycles. The number of ether oxygens (including phenoxy) is 1. The Morgan fingerprint density at radius 2 is 2.05 bits per heavy atom. The summed E-state index contributed by atoms with van der Waals surface area (Å²) in [6, 6.07) is 0. The number of aliphatic hydroxyl groups excluding tert-OH is 2. The van der Waals surface area contributed by atoms with Gasteiger partial charge in [-0.25, -0.2) is 0 Å². The average Bonchev–Trinajstić information content (AvgIpc) is 2.88. The van der Waals surface area contributed by atoms with Crippen molar-refractivity contribution < 1.29 is 19.7 Å². The summed E-state index contributed by atoms with van der Waals surface area (Å²) >= 11 is 0. The van der Waals surface area contributed by atoms with Crippen LogP contribution < -0.4 is 0 Å². The second-order valence-corrected chi connectivity index (χ2v) is 6.45. The smallest absolute Gasteiger partial charge is 0.169 e. The van der Waals surface area contributed by atoms with Crippen LogP contribution in [0.25, 0.3) is 0 Å². The highest BCUT2D eigenvalue weighted by Crippen LogP contribution is 2.62. The van der Waals surface area contributed by atoms with Gasteiger partial charge in [-0.3, -0.25) is 4.79 Å². The Morgan fingerprint density at radius 3 is 2.68 bits per heavy atom. The van der Waals surface area contributed by atoms with Gasteiger partial charge in [-0.15, -0.1) is 0 Å². The van der Waals surface area contributed by atoms with Crippen molar-refractivity contribution in [3.8, 4) is 0 Å². The first-order valence-corrected chi connectivity index (χ1v) is 6.89. The number of hydrogen-bond acceptors (Lipinski definition) is 4. The Morgan fingerprint density at radius 1 is 1.37 bits per heavy atom. The second kappa shape index (κ2) is 3.37. The first-order valence-electron chi connectivity index (χ1n) is 6.89. The normalized spacial score (nSPS) is 53.3. The number of epoxide rings is 1. The fourth-order valence-electron chi connectivity index (χ4n) is 4.63. The SMILES string of the molecule is CC(C)=C1[C@H]2C=C[C@H]1[C@@H]1[C@@H]2C(=O)[C@H]2O[C@]2(CO)[C@H]1O. The van der Waals surface area contributed by atoms with E-state index in [-0.39, 0.29) is 36.1 Å². The fraction of sp³-hybridized carbons (Fsp3) is 0.667. The lowest BCUT2D eigenvalue weighted by Crippen LogP contribution is -2.53. The minimum absolute atomic E-state index is 0.0694. The van der Waals surface area contributed by atoms with Crippen LogP contribution in [0.1, 0.15) is 13.8 Å². The van der Waals surface area contributed by atoms with Crippen LogP contribution in [0.2, 0.25) is 0 Å². The summed E-state index contributed by atoms with van der Waals surface area (Å²) in [6.45, 7) is 3.85. The lowest BCUT2D eigenvalue weighted by Gasteiger charge is -2.36. The maximum Gasteiger partial charge on any atom is 0.169 e. The molecule has 102 valence electrons. The molecule has 0 aromatic rings. The van der Waals surface area contributed by atoms with Crippen LogP contribution >= 0.6 is 0 Å². The summed E-state index contributed by atoms with van der Waals surface area (Å²) in [5.41, 5.74) is 1.52. The predicted molar refractivity (Wildman–Crippen MR) is 67.2 cm³/mol. The summed E-state index contributed by atoms with van der Waals surface area (Å²) in [5, 5.41) is 20.1. The molecule has 4 nitrogen and oxygen atoms in total. The van der Waals surface area contributed by atoms with Crippen molar-refractivity contribution >= 4 is 5.78 Å². The topological polar surface area (TPSA) is 70.1 Å². The van der Waals surface area contributed by atoms with Gasteiger partial charge in [0, 0.05) is 23.7 Å². The molecule has 1 aliphatic heterocycles. The van der Waals surface area contributed by atoms with Crippen molar-refractivity contribution in [2.75, 3.05) is 6.61 Å². The first-order chi connectivity index (χ1) is 9.03. The molecule has 2 saturated carbocycles. The zero-order chi connectivity index (χ0) is 13.5. The lowest BCUT2D eigenvalue weighted by molar-refractivity contribution is -0.131. The molecule has 0 aromatic heterocycles. The van der Waals surface area contributed by atoms with E-state index in [0.717, 1.165) is 0 Å². The Bertz CT molecular complexity index is 530. The fourth-order valence-corrected chi connectivity index (χ4v) is 4.63. The lowest BCUT2D eigenvalue weighted by atomic mass is 9.67. The van der Waals surface area contributed by atoms with E-state index in [1.165, 1.54) is 11.1 Å². The molecule has 19 heavy (non-hydrogen) atoms. The molecule has 3 fully saturated rings. The van der Waals surface area contributed by atoms with Gasteiger partial charge < -0.3 is 14.9 Å². The number of fused-ring (bicyclic) bond motifs is 6. The van der Waals surface area contributed by atoms with Crippen LogP contribution in [-0.2, 0) is 9.53 Å². The number of rotatable bonds is 1. The molecule has 4 aliphatic rings. The summed E-state index contributed by atoms with van der Waals surface area (Å²) in [5.74, 6) is 0.0379. The summed E-state index contributed by atoms with van der Waals surface area (Å²) in [6.07, 6.45) is 2.87. The third kappa shape index (κ3) is 1.14. The van der Waals surface area contributed by atoms with E-state index < -0.39 is 17.8 Å². The molecule has 1 heterocycles. The quantitative estimate of drug-likeness (QED) is 0.531. The van der Waals surface area contributed by atoms with Gasteiger partial charge in [0.05, 0.1) is 12.7 Å². The van der Waals surface area contributed by atoms with Crippen molar-refractivity contribution in [2.45, 2.75) is 31.7 Å². The summed E-state index contributed by atoms with van der Waals surface area (Å²) < 4.78 is 5.40. The number of hydrogen-bond donors (Lipinski definition) is 2. The van der Waals surface area contributed by atoms with Crippen molar-refractivity contribution in [2.24, 2.45) is 23.7 Å². The minimum Gasteiger partial charge on any atom is -0.393 e. The molecule has 0 unspecified atom stereocenters. The van der Waals surface area contributed by atoms with E-state index >= 15 is 0 Å². The van der Waals surface area contributed by atoms with Crippen molar-refractivity contribution in [1.29, 1.82) is 0 Å². The molecule has 7 atom stereocenters. The van der Waals surface area contributed by atoms with E-state index in [9.17, 15) is 15.0 Å². The van der Waals surface area contributed by atoms with Crippen LogP contribution in [-0.4, -0.2) is 40.4 Å². The second-order valence-electron chi connectivity index (χ2n) is 6.45. The van der Waals surface area contributed by atoms with E-state index in [1.807, 2.05) is 0 Å². The van der Waals surface area contributed by atoms with Gasteiger partial charge in [0.25, 0.3) is 0 Å². The highest BCUT2D eigenvalue weighted by Gasteiger charge is 2.75. The van der Waals surface area contributed by atoms with Crippen molar-refractivity contribution in [3.63, 3.8) is 0 Å². The van der Waals surface area contributed by atoms with Gasteiger partial charge in [-0.05, 0) is 13.8 Å². The monoisotopic (exact) mass is 262 g/mol. The van der Waals surface area contributed by atoms with Crippen LogP contribution in [0.4, 0.5) is 0 Å². The Balaban J connectivity index is 1.82. The van der Waals surface area contributed by atoms with Crippen molar-refractivity contribution in [1.82, 2.24) is 0 Å². The Labute approximate surface area is 111 Å². The molecular weight excluding hydrogens is 244 g/mol. The van der Waals surface area contributed by atoms with Crippen molar-refractivity contribution in [3.05, 3.63) is 23.3 Å². The minimum atomic E-state index is -1.01. The van der Waals surface area contributed by atoms with Gasteiger partial charge in [-0.1, -0.05) is 23.3 Å². The number of Topliss-reactive ketones (excluding diaryl/α,β-unsaturated/α-hetero) is 1. The molecule has 0 spiro atoms. The number of aliphatic hydroxyl groups is 2. The standard InChI is InChI=1S/C15H18O4/c1-6(2)9-7-3-4-8(9)11-10(7)12(17)14-15(5-16,19-14)13(11)18/h3-4,7-8,10-11,13-14,16,18H,5H2,1-2H3/t7-,8-,10-,11-,13+,14-,15-/m1/s1. The van der Waals surface area contributed by atoms with Crippen LogP contribution in [0, 0.1) is 23.7 Å². The molecule has 2 N–H and O–H groups in total. The molecular formula is C15H18O4. The van der Waals surface area contributed by atoms with E-state index in [4.69, 9.17) is 4.74 Å². The van der Waals surface area contributed by atoms with Crippen LogP contribution in [0.5, 0.6) is 0 Å². The average molecular weight is 262 g/mol. The van der Waals surface area contributed by atoms with Crippen LogP contribution in [0.15, 0.2) is 23.3 Å². The van der Waals surface area contributed by atoms with Gasteiger partial charge in [0.15, 0.2) is 17.5 Å². The maximum absolute atomic E-state index is 12.5. The number of allylic oxidation sites excluding steroid dienone is 4. The highest BCUT2D eigenvalue weighted by molar-refractivity contribution is 5.93. The predicted octanol–water partition coefficient (Wildman–Crippen LogP) is 0.445. The summed E-state index contributed by atoms with van der Waals surface area (Å²) in [4.78, 5) is 12.5. The molecule has 4 heteroatoms. The van der Waals surface area contributed by atoms with Gasteiger partial charge >= 0.3 is 0 Å². The maximum atomic E-state index is 12.5. The Hall–Kier alpha value is -0.970. The summed E-state index contributed by atoms with van der Waals surface area (Å²) in [7, 11) is 0. The Kier molecular flexibility index (Phi) is 2.10. The van der Waals surface area contributed by atoms with Gasteiger partial charge in [-0.2, -0.15) is 0 Å². The highest BCUT2D eigenvalue weighted by atomic mass is 16.6.